The summed E-state index contributed by atoms with van der Waals surface area (Å²) in [5, 5.41) is 19.1. The summed E-state index contributed by atoms with van der Waals surface area (Å²) in [7, 11) is 0. The molecule has 0 aromatic carbocycles. The lowest BCUT2D eigenvalue weighted by atomic mass is 10.1. The van der Waals surface area contributed by atoms with Crippen molar-refractivity contribution >= 4 is 11.7 Å². The predicted octanol–water partition coefficient (Wildman–Crippen LogP) is 0.841. The third-order valence-electron chi connectivity index (χ3n) is 2.38. The number of carbonyl (C=O) groups is 1. The molecule has 84 valence electrons. The number of aliphatic carboxylic acids is 1. The molecular weight excluding hydrogens is 194 g/mol. The molecule has 1 aliphatic rings. The zero-order valence-corrected chi connectivity index (χ0v) is 9.08. The Kier molecular flexibility index (Phi) is 3.71. The molecule has 0 unspecified atom stereocenters. The lowest BCUT2D eigenvalue weighted by Gasteiger charge is -2.15. The maximum atomic E-state index is 10.6. The van der Waals surface area contributed by atoms with E-state index in [0.717, 1.165) is 0 Å². The second kappa shape index (κ2) is 4.82. The molecule has 1 heterocycles. The number of nitrogens with one attached hydrogen (secondary N) is 2. The molecule has 0 fully saturated rings. The van der Waals surface area contributed by atoms with Crippen LogP contribution in [0.15, 0.2) is 11.9 Å². The van der Waals surface area contributed by atoms with E-state index in [2.05, 4.69) is 5.32 Å². The molecule has 0 aliphatic carbocycles. The van der Waals surface area contributed by atoms with Gasteiger partial charge in [-0.2, -0.15) is 0 Å². The first-order valence-corrected chi connectivity index (χ1v) is 5.01. The lowest BCUT2D eigenvalue weighted by Crippen LogP contribution is -2.25. The van der Waals surface area contributed by atoms with Gasteiger partial charge in [0.05, 0.1) is 6.67 Å². The van der Waals surface area contributed by atoms with E-state index in [9.17, 15) is 4.79 Å². The van der Waals surface area contributed by atoms with Crippen molar-refractivity contribution in [2.75, 3.05) is 13.2 Å². The Hall–Kier alpha value is -1.52. The van der Waals surface area contributed by atoms with Crippen molar-refractivity contribution < 1.29 is 9.90 Å². The minimum atomic E-state index is -0.934. The van der Waals surface area contributed by atoms with Gasteiger partial charge in [-0.25, -0.2) is 4.79 Å². The summed E-state index contributed by atoms with van der Waals surface area (Å²) in [5.41, 5.74) is 0.929. The number of hydrogen-bond donors (Lipinski definition) is 3. The highest BCUT2D eigenvalue weighted by Gasteiger charge is 2.16. The van der Waals surface area contributed by atoms with E-state index >= 15 is 0 Å². The minimum absolute atomic E-state index is 0.228. The monoisotopic (exact) mass is 211 g/mol. The predicted molar refractivity (Wildman–Crippen MR) is 57.6 cm³/mol. The Balaban J connectivity index is 2.36. The molecule has 0 radical (unpaired) electrons. The molecule has 1 aliphatic heterocycles. The smallest absolute Gasteiger partial charge is 0.353 e. The molecule has 3 N–H and O–H groups in total. The molecule has 0 atom stereocenters. The fraction of sp³-hybridized carbons (Fsp3) is 0.600. The topological polar surface area (TPSA) is 76.4 Å². The van der Waals surface area contributed by atoms with Gasteiger partial charge in [0, 0.05) is 24.9 Å². The van der Waals surface area contributed by atoms with E-state index in [1.165, 1.54) is 0 Å². The van der Waals surface area contributed by atoms with E-state index in [4.69, 9.17) is 10.5 Å². The molecule has 1 rings (SSSR count). The van der Waals surface area contributed by atoms with Gasteiger partial charge in [0.15, 0.2) is 0 Å². The fourth-order valence-electron chi connectivity index (χ4n) is 1.29. The quantitative estimate of drug-likeness (QED) is 0.589. The first-order chi connectivity index (χ1) is 7.00. The van der Waals surface area contributed by atoms with Crippen molar-refractivity contribution in [3.8, 4) is 0 Å². The summed E-state index contributed by atoms with van der Waals surface area (Å²) in [5.74, 6) is -0.667. The van der Waals surface area contributed by atoms with Crippen LogP contribution in [0.3, 0.4) is 0 Å². The van der Waals surface area contributed by atoms with Crippen LogP contribution in [-0.2, 0) is 4.79 Å². The van der Waals surface area contributed by atoms with Gasteiger partial charge in [-0.15, -0.1) is 0 Å². The van der Waals surface area contributed by atoms with Crippen LogP contribution in [0.25, 0.3) is 0 Å². The van der Waals surface area contributed by atoms with Crippen LogP contribution in [0, 0.1) is 11.3 Å². The fourth-order valence-corrected chi connectivity index (χ4v) is 1.29. The Morgan fingerprint density at radius 3 is 2.87 bits per heavy atom. The van der Waals surface area contributed by atoms with Crippen molar-refractivity contribution in [1.29, 1.82) is 5.41 Å². The van der Waals surface area contributed by atoms with Gasteiger partial charge in [-0.05, 0) is 5.92 Å². The van der Waals surface area contributed by atoms with Crippen molar-refractivity contribution in [2.24, 2.45) is 5.92 Å². The van der Waals surface area contributed by atoms with Gasteiger partial charge < -0.3 is 20.7 Å². The highest BCUT2D eigenvalue weighted by Crippen LogP contribution is 2.06. The first-order valence-electron chi connectivity index (χ1n) is 5.01. The van der Waals surface area contributed by atoms with Gasteiger partial charge in [0.2, 0.25) is 0 Å². The molecule has 5 heteroatoms. The summed E-state index contributed by atoms with van der Waals surface area (Å²) < 4.78 is 0. The lowest BCUT2D eigenvalue weighted by molar-refractivity contribution is -0.132. The highest BCUT2D eigenvalue weighted by atomic mass is 16.4. The van der Waals surface area contributed by atoms with Crippen LogP contribution in [0.2, 0.25) is 0 Å². The van der Waals surface area contributed by atoms with Crippen LogP contribution in [0.1, 0.15) is 20.3 Å². The van der Waals surface area contributed by atoms with E-state index in [0.29, 0.717) is 25.3 Å². The third kappa shape index (κ3) is 3.27. The van der Waals surface area contributed by atoms with Crippen LogP contribution in [0.4, 0.5) is 0 Å². The van der Waals surface area contributed by atoms with E-state index in [1.54, 1.807) is 6.20 Å². The highest BCUT2D eigenvalue weighted by molar-refractivity contribution is 5.86. The van der Waals surface area contributed by atoms with Gasteiger partial charge in [-0.1, -0.05) is 13.8 Å². The number of carboxylic acid groups (broad SMARTS) is 1. The zero-order chi connectivity index (χ0) is 11.4. The van der Waals surface area contributed by atoms with Crippen LogP contribution < -0.4 is 5.32 Å². The molecular formula is C10H17N3O2. The number of nitrogens with zero attached hydrogens (tertiary/aromatic N) is 1. The maximum Gasteiger partial charge on any atom is 0.353 e. The minimum Gasteiger partial charge on any atom is -0.477 e. The molecule has 0 saturated heterocycles. The Morgan fingerprint density at radius 2 is 2.40 bits per heavy atom. The summed E-state index contributed by atoms with van der Waals surface area (Å²) in [4.78, 5) is 12.5. The average molecular weight is 211 g/mol. The normalized spacial score (nSPS) is 15.1. The van der Waals surface area contributed by atoms with E-state index in [-0.39, 0.29) is 11.6 Å². The SMILES string of the molecule is CC(C)C(=N)CCN1C=C(C(=O)O)NC1. The maximum absolute atomic E-state index is 10.6. The molecule has 15 heavy (non-hydrogen) atoms. The molecule has 0 spiro atoms. The van der Waals surface area contributed by atoms with Crippen LogP contribution >= 0.6 is 0 Å². The number of carboxylic acids is 1. The third-order valence-corrected chi connectivity index (χ3v) is 2.38. The van der Waals surface area contributed by atoms with Gasteiger partial charge >= 0.3 is 5.97 Å². The first kappa shape index (κ1) is 11.6. The standard InChI is InChI=1S/C10H17N3O2/c1-7(2)8(11)3-4-13-5-9(10(14)15)12-6-13/h5,7,11-12H,3-4,6H2,1-2H3,(H,14,15). The molecule has 0 bridgehead atoms. The van der Waals surface area contributed by atoms with Crippen molar-refractivity contribution in [3.63, 3.8) is 0 Å². The van der Waals surface area contributed by atoms with Gasteiger partial charge in [0.25, 0.3) is 0 Å². The van der Waals surface area contributed by atoms with Crippen LogP contribution in [0.5, 0.6) is 0 Å². The van der Waals surface area contributed by atoms with Crippen molar-refractivity contribution in [3.05, 3.63) is 11.9 Å². The van der Waals surface area contributed by atoms with Crippen molar-refractivity contribution in [1.82, 2.24) is 10.2 Å². The molecule has 0 aromatic heterocycles. The Bertz CT molecular complexity index is 297. The number of rotatable bonds is 5. The second-order valence-electron chi connectivity index (χ2n) is 3.93. The molecule has 5 nitrogen and oxygen atoms in total. The summed E-state index contributed by atoms with van der Waals surface area (Å²) in [6, 6.07) is 0. The molecule has 0 aromatic rings. The van der Waals surface area contributed by atoms with Gasteiger partial charge in [-0.3, -0.25) is 0 Å². The van der Waals surface area contributed by atoms with Crippen LogP contribution in [-0.4, -0.2) is 34.9 Å². The second-order valence-corrected chi connectivity index (χ2v) is 3.93. The summed E-state index contributed by atoms with van der Waals surface area (Å²) in [6.45, 7) is 5.19. The number of hydrogen-bond acceptors (Lipinski definition) is 4. The van der Waals surface area contributed by atoms with E-state index < -0.39 is 5.97 Å². The Morgan fingerprint density at radius 1 is 1.73 bits per heavy atom. The summed E-state index contributed by atoms with van der Waals surface area (Å²) >= 11 is 0. The summed E-state index contributed by atoms with van der Waals surface area (Å²) in [6.07, 6.45) is 2.28. The Labute approximate surface area is 89.3 Å². The molecule has 0 amide bonds. The van der Waals surface area contributed by atoms with Crippen molar-refractivity contribution in [2.45, 2.75) is 20.3 Å². The average Bonchev–Trinajstić information content (AvgIpc) is 2.62. The van der Waals surface area contributed by atoms with Gasteiger partial charge in [0.1, 0.15) is 5.70 Å². The zero-order valence-electron chi connectivity index (χ0n) is 9.08. The molecule has 0 saturated carbocycles. The van der Waals surface area contributed by atoms with E-state index in [1.807, 2.05) is 18.7 Å². The largest absolute Gasteiger partial charge is 0.477 e.